The lowest BCUT2D eigenvalue weighted by molar-refractivity contribution is -0.274. The Hall–Kier alpha value is -1.72. The number of carbonyl (C=O) groups is 1. The van der Waals surface area contributed by atoms with Gasteiger partial charge >= 0.3 is 12.3 Å². The first kappa shape index (κ1) is 14.7. The first-order chi connectivity index (χ1) is 9.35. The quantitative estimate of drug-likeness (QED) is 0.920. The summed E-state index contributed by atoms with van der Waals surface area (Å²) in [6.07, 6.45) is -1.71. The summed E-state index contributed by atoms with van der Waals surface area (Å²) in [5.41, 5.74) is 0.831. The van der Waals surface area contributed by atoms with Crippen molar-refractivity contribution in [3.63, 3.8) is 0 Å². The third-order valence-electron chi connectivity index (χ3n) is 3.63. The predicted octanol–water partition coefficient (Wildman–Crippen LogP) is 3.63. The minimum atomic E-state index is -4.69. The van der Waals surface area contributed by atoms with Gasteiger partial charge in [0.25, 0.3) is 0 Å². The molecule has 0 aromatic heterocycles. The summed E-state index contributed by atoms with van der Waals surface area (Å²) in [6, 6.07) is 5.62. The fraction of sp³-hybridized carbons (Fsp3) is 0.500. The fourth-order valence-electron chi connectivity index (χ4n) is 2.74. The van der Waals surface area contributed by atoms with E-state index in [9.17, 15) is 18.0 Å². The molecule has 3 nitrogen and oxygen atoms in total. The number of benzene rings is 1. The number of ether oxygens (including phenoxy) is 1. The van der Waals surface area contributed by atoms with Gasteiger partial charge in [-0.1, -0.05) is 18.6 Å². The Bertz CT molecular complexity index is 468. The van der Waals surface area contributed by atoms with Gasteiger partial charge in [0, 0.05) is 0 Å². The maximum atomic E-state index is 12.0. The summed E-state index contributed by atoms with van der Waals surface area (Å²) in [6.45, 7) is 0. The van der Waals surface area contributed by atoms with Crippen LogP contribution in [-0.2, 0) is 11.2 Å². The molecular formula is C14H15F3O3. The highest BCUT2D eigenvalue weighted by molar-refractivity contribution is 5.70. The van der Waals surface area contributed by atoms with Gasteiger partial charge in [-0.05, 0) is 42.9 Å². The third-order valence-corrected chi connectivity index (χ3v) is 3.63. The van der Waals surface area contributed by atoms with Crippen LogP contribution in [0.3, 0.4) is 0 Å². The monoisotopic (exact) mass is 288 g/mol. The van der Waals surface area contributed by atoms with Gasteiger partial charge in [0.1, 0.15) is 5.75 Å². The van der Waals surface area contributed by atoms with Crippen LogP contribution in [0.1, 0.15) is 24.8 Å². The summed E-state index contributed by atoms with van der Waals surface area (Å²) < 4.78 is 39.9. The normalized spacial score (nSPS) is 22.8. The summed E-state index contributed by atoms with van der Waals surface area (Å²) in [4.78, 5) is 11.1. The van der Waals surface area contributed by atoms with E-state index >= 15 is 0 Å². The maximum Gasteiger partial charge on any atom is 0.573 e. The Balaban J connectivity index is 1.98. The van der Waals surface area contributed by atoms with Crippen molar-refractivity contribution in [3.05, 3.63) is 29.8 Å². The highest BCUT2D eigenvalue weighted by Gasteiger charge is 2.33. The molecular weight excluding hydrogens is 273 g/mol. The van der Waals surface area contributed by atoms with Crippen molar-refractivity contribution in [1.82, 2.24) is 0 Å². The molecule has 2 unspecified atom stereocenters. The summed E-state index contributed by atoms with van der Waals surface area (Å²) in [5, 5.41) is 9.09. The Labute approximate surface area is 114 Å². The molecule has 6 heteroatoms. The lowest BCUT2D eigenvalue weighted by atomic mass is 9.90. The number of carboxylic acid groups (broad SMARTS) is 1. The van der Waals surface area contributed by atoms with E-state index in [0.29, 0.717) is 12.8 Å². The van der Waals surface area contributed by atoms with E-state index in [1.54, 1.807) is 12.1 Å². The molecule has 1 aromatic rings. The van der Waals surface area contributed by atoms with Crippen molar-refractivity contribution in [2.75, 3.05) is 0 Å². The second kappa shape index (κ2) is 5.73. The van der Waals surface area contributed by atoms with Gasteiger partial charge in [-0.25, -0.2) is 0 Å². The number of hydrogen-bond donors (Lipinski definition) is 1. The zero-order chi connectivity index (χ0) is 14.8. The van der Waals surface area contributed by atoms with Crippen LogP contribution >= 0.6 is 0 Å². The lowest BCUT2D eigenvalue weighted by Gasteiger charge is -2.16. The van der Waals surface area contributed by atoms with Crippen LogP contribution < -0.4 is 4.74 Å². The largest absolute Gasteiger partial charge is 0.573 e. The lowest BCUT2D eigenvalue weighted by Crippen LogP contribution is -2.20. The minimum absolute atomic E-state index is 0.0573. The van der Waals surface area contributed by atoms with E-state index in [0.717, 1.165) is 18.4 Å². The van der Waals surface area contributed by atoms with Gasteiger partial charge in [0.15, 0.2) is 0 Å². The van der Waals surface area contributed by atoms with E-state index in [1.807, 2.05) is 0 Å². The third kappa shape index (κ3) is 3.88. The van der Waals surface area contributed by atoms with Crippen molar-refractivity contribution in [2.24, 2.45) is 11.8 Å². The van der Waals surface area contributed by atoms with Crippen LogP contribution in [0.5, 0.6) is 5.75 Å². The highest BCUT2D eigenvalue weighted by Crippen LogP contribution is 2.34. The number of alkyl halides is 3. The number of rotatable bonds is 4. The average Bonchev–Trinajstić information content (AvgIpc) is 2.78. The molecule has 2 atom stereocenters. The summed E-state index contributed by atoms with van der Waals surface area (Å²) in [7, 11) is 0. The molecule has 0 heterocycles. The second-order valence-corrected chi connectivity index (χ2v) is 5.03. The molecule has 0 bridgehead atoms. The van der Waals surface area contributed by atoms with Crippen molar-refractivity contribution in [3.8, 4) is 5.75 Å². The van der Waals surface area contributed by atoms with Crippen LogP contribution in [0.2, 0.25) is 0 Å². The molecule has 0 spiro atoms. The zero-order valence-electron chi connectivity index (χ0n) is 10.7. The van der Waals surface area contributed by atoms with E-state index in [4.69, 9.17) is 5.11 Å². The molecule has 1 aliphatic carbocycles. The van der Waals surface area contributed by atoms with Crippen LogP contribution in [0, 0.1) is 11.8 Å². The second-order valence-electron chi connectivity index (χ2n) is 5.03. The fourth-order valence-corrected chi connectivity index (χ4v) is 2.74. The molecule has 1 aromatic carbocycles. The van der Waals surface area contributed by atoms with Gasteiger partial charge in [-0.15, -0.1) is 13.2 Å². The zero-order valence-corrected chi connectivity index (χ0v) is 10.7. The molecule has 1 N–H and O–H groups in total. The topological polar surface area (TPSA) is 46.5 Å². The number of halogens is 3. The molecule has 1 aliphatic rings. The number of hydrogen-bond acceptors (Lipinski definition) is 2. The first-order valence-corrected chi connectivity index (χ1v) is 6.42. The van der Waals surface area contributed by atoms with Crippen LogP contribution in [0.4, 0.5) is 13.2 Å². The Morgan fingerprint density at radius 3 is 2.45 bits per heavy atom. The van der Waals surface area contributed by atoms with E-state index in [1.165, 1.54) is 12.1 Å². The first-order valence-electron chi connectivity index (χ1n) is 6.42. The minimum Gasteiger partial charge on any atom is -0.481 e. The Kier molecular flexibility index (Phi) is 4.20. The van der Waals surface area contributed by atoms with Crippen LogP contribution in [-0.4, -0.2) is 17.4 Å². The molecule has 0 aliphatic heterocycles. The van der Waals surface area contributed by atoms with E-state index < -0.39 is 12.3 Å². The van der Waals surface area contributed by atoms with E-state index in [-0.39, 0.29) is 17.6 Å². The van der Waals surface area contributed by atoms with Gasteiger partial charge in [-0.2, -0.15) is 0 Å². The summed E-state index contributed by atoms with van der Waals surface area (Å²) >= 11 is 0. The van der Waals surface area contributed by atoms with Crippen molar-refractivity contribution in [2.45, 2.75) is 32.0 Å². The molecule has 0 amide bonds. The van der Waals surface area contributed by atoms with Gasteiger partial charge < -0.3 is 9.84 Å². The number of aliphatic carboxylic acids is 1. The smallest absolute Gasteiger partial charge is 0.481 e. The molecule has 0 radical (unpaired) electrons. The van der Waals surface area contributed by atoms with Crippen LogP contribution in [0.15, 0.2) is 24.3 Å². The van der Waals surface area contributed by atoms with Gasteiger partial charge in [0.2, 0.25) is 0 Å². The molecule has 20 heavy (non-hydrogen) atoms. The van der Waals surface area contributed by atoms with Crippen LogP contribution in [0.25, 0.3) is 0 Å². The molecule has 0 saturated heterocycles. The van der Waals surface area contributed by atoms with Crippen molar-refractivity contribution >= 4 is 5.97 Å². The standard InChI is InChI=1S/C14H15F3O3/c15-14(16,17)20-11-6-4-9(5-7-11)8-10-2-1-3-12(10)13(18)19/h4-7,10,12H,1-3,8H2,(H,18,19). The highest BCUT2D eigenvalue weighted by atomic mass is 19.4. The van der Waals surface area contributed by atoms with Crippen molar-refractivity contribution in [1.29, 1.82) is 0 Å². The predicted molar refractivity (Wildman–Crippen MR) is 65.3 cm³/mol. The molecule has 1 fully saturated rings. The van der Waals surface area contributed by atoms with Crippen molar-refractivity contribution < 1.29 is 27.8 Å². The Morgan fingerprint density at radius 1 is 1.25 bits per heavy atom. The SMILES string of the molecule is O=C(O)C1CCCC1Cc1ccc(OC(F)(F)F)cc1. The van der Waals surface area contributed by atoms with E-state index in [2.05, 4.69) is 4.74 Å². The molecule has 110 valence electrons. The van der Waals surface area contributed by atoms with Gasteiger partial charge in [-0.3, -0.25) is 4.79 Å². The Morgan fingerprint density at radius 2 is 1.90 bits per heavy atom. The van der Waals surface area contributed by atoms with Gasteiger partial charge in [0.05, 0.1) is 5.92 Å². The summed E-state index contributed by atoms with van der Waals surface area (Å²) in [5.74, 6) is -1.34. The maximum absolute atomic E-state index is 12.0. The number of carboxylic acids is 1. The molecule has 2 rings (SSSR count). The molecule has 1 saturated carbocycles. The average molecular weight is 288 g/mol.